The number of nitro benzene ring substituents is 1. The Morgan fingerprint density at radius 2 is 1.89 bits per heavy atom. The van der Waals surface area contributed by atoms with Gasteiger partial charge in [0, 0.05) is 17.5 Å². The van der Waals surface area contributed by atoms with Gasteiger partial charge in [0.25, 0.3) is 5.69 Å². The van der Waals surface area contributed by atoms with Crippen molar-refractivity contribution in [3.8, 4) is 0 Å². The molecule has 206 valence electrons. The Kier molecular flexibility index (Phi) is 7.66. The number of phosphoric ester groups is 1. The minimum absolute atomic E-state index is 0.0495. The van der Waals surface area contributed by atoms with Crippen molar-refractivity contribution in [2.45, 2.75) is 37.4 Å². The summed E-state index contributed by atoms with van der Waals surface area (Å²) < 4.78 is 37.5. The minimum Gasteiger partial charge on any atom is -0.387 e. The highest BCUT2D eigenvalue weighted by Gasteiger charge is 2.46. The van der Waals surface area contributed by atoms with Crippen molar-refractivity contribution < 1.29 is 52.5 Å². The van der Waals surface area contributed by atoms with Crippen LogP contribution < -0.4 is 5.73 Å². The number of aliphatic hydroxyl groups excluding tert-OH is 2. The molecule has 2 unspecified atom stereocenters. The van der Waals surface area contributed by atoms with Crippen molar-refractivity contribution in [1.82, 2.24) is 19.5 Å². The smallest absolute Gasteiger partial charge is 0.387 e. The largest absolute Gasteiger partial charge is 0.481 e. The van der Waals surface area contributed by atoms with Gasteiger partial charge in [0.15, 0.2) is 17.7 Å². The Morgan fingerprint density at radius 1 is 1.21 bits per heavy atom. The average Bonchev–Trinajstić information content (AvgIpc) is 3.37. The summed E-state index contributed by atoms with van der Waals surface area (Å²) in [6.07, 6.45) is -4.95. The van der Waals surface area contributed by atoms with Gasteiger partial charge in [-0.1, -0.05) is 25.1 Å². The zero-order valence-electron chi connectivity index (χ0n) is 19.3. The zero-order valence-corrected chi connectivity index (χ0v) is 21.1. The topological polar surface area (TPSA) is 276 Å². The van der Waals surface area contributed by atoms with E-state index in [4.69, 9.17) is 20.3 Å². The fourth-order valence-corrected chi connectivity index (χ4v) is 5.52. The lowest BCUT2D eigenvalue weighted by Crippen LogP contribution is -2.33. The van der Waals surface area contributed by atoms with Crippen molar-refractivity contribution in [1.29, 1.82) is 0 Å². The van der Waals surface area contributed by atoms with E-state index in [0.717, 1.165) is 0 Å². The van der Waals surface area contributed by atoms with Crippen LogP contribution in [-0.2, 0) is 22.7 Å². The minimum atomic E-state index is -5.37. The number of nitro groups is 1. The van der Waals surface area contributed by atoms with Crippen LogP contribution in [0.25, 0.3) is 11.2 Å². The molecule has 1 saturated heterocycles. The van der Waals surface area contributed by atoms with Gasteiger partial charge >= 0.3 is 15.6 Å². The van der Waals surface area contributed by atoms with Gasteiger partial charge in [0.05, 0.1) is 17.9 Å². The van der Waals surface area contributed by atoms with E-state index < -0.39 is 57.6 Å². The highest BCUT2D eigenvalue weighted by molar-refractivity contribution is 7.60. The number of imidazole rings is 1. The lowest BCUT2D eigenvalue weighted by Gasteiger charge is -2.18. The van der Waals surface area contributed by atoms with Crippen LogP contribution in [0.15, 0.2) is 30.6 Å². The predicted octanol–water partition coefficient (Wildman–Crippen LogP) is 0.314. The van der Waals surface area contributed by atoms with Crippen LogP contribution in [0.5, 0.6) is 0 Å². The van der Waals surface area contributed by atoms with Gasteiger partial charge in [-0.15, -0.1) is 0 Å². The van der Waals surface area contributed by atoms with Gasteiger partial charge in [-0.25, -0.2) is 24.1 Å². The van der Waals surface area contributed by atoms with E-state index in [1.165, 1.54) is 23.0 Å². The number of fused-ring (bicyclic) bond motifs is 1. The Balaban J connectivity index is 1.62. The van der Waals surface area contributed by atoms with E-state index in [9.17, 15) is 34.4 Å². The third-order valence-electron chi connectivity index (χ3n) is 5.68. The number of benzene rings is 1. The van der Waals surface area contributed by atoms with Crippen LogP contribution in [0.4, 0.5) is 11.5 Å². The molecule has 38 heavy (non-hydrogen) atoms. The molecular weight excluding hydrogens is 554 g/mol. The summed E-state index contributed by atoms with van der Waals surface area (Å²) in [6.45, 7) is 0.737. The molecule has 1 aliphatic rings. The zero-order chi connectivity index (χ0) is 28.0. The SMILES string of the molecule is CC(c1nc(N)c2ncn([C@@H]3O[C@H](COP(=O)(O)OP(=O)(O)O)[C@@H](O)[C@H]3O)c2n1)c1ccccc1[N+](=O)[O-]. The van der Waals surface area contributed by atoms with Crippen LogP contribution in [-0.4, -0.2) is 74.3 Å². The molecule has 4 rings (SSSR count). The number of nitrogen functional groups attached to an aromatic ring is 1. The monoisotopic (exact) mass is 576 g/mol. The Morgan fingerprint density at radius 3 is 2.55 bits per heavy atom. The quantitative estimate of drug-likeness (QED) is 0.114. The maximum Gasteiger partial charge on any atom is 0.481 e. The highest BCUT2D eigenvalue weighted by Crippen LogP contribution is 2.57. The standard InChI is InChI=1S/C18H22N6O12P2/c1-8(9-4-2-3-5-10(9)24(27)28)16-21-15(19)12-17(22-16)23(7-20-12)18-14(26)13(25)11(35-18)6-34-38(32,33)36-37(29,30)31/h2-5,7-8,11,13-14,18,25-26H,6H2,1H3,(H,32,33)(H2,19,21,22)(H2,29,30,31)/t8?,11-,13-,14-,18-/m1/s1. The van der Waals surface area contributed by atoms with Crippen molar-refractivity contribution in [3.63, 3.8) is 0 Å². The second-order valence-electron chi connectivity index (χ2n) is 8.21. The normalized spacial score (nSPS) is 24.4. The average molecular weight is 576 g/mol. The molecule has 1 aromatic carbocycles. The van der Waals surface area contributed by atoms with Gasteiger partial charge in [-0.2, -0.15) is 4.31 Å². The molecule has 3 aromatic rings. The molecule has 18 nitrogen and oxygen atoms in total. The number of para-hydroxylation sites is 1. The maximum absolute atomic E-state index is 11.7. The first-order valence-electron chi connectivity index (χ1n) is 10.7. The van der Waals surface area contributed by atoms with Gasteiger partial charge in [-0.05, 0) is 0 Å². The summed E-state index contributed by atoms with van der Waals surface area (Å²) in [5, 5.41) is 32.4. The van der Waals surface area contributed by atoms with Crippen LogP contribution in [0, 0.1) is 10.1 Å². The second kappa shape index (κ2) is 10.3. The fraction of sp³-hybridized carbons (Fsp3) is 0.389. The Labute approximate surface area is 212 Å². The number of phosphoric acid groups is 2. The molecule has 2 aromatic heterocycles. The van der Waals surface area contributed by atoms with Gasteiger partial charge in [0.1, 0.15) is 29.7 Å². The summed E-state index contributed by atoms with van der Waals surface area (Å²) in [6, 6.07) is 6.01. The van der Waals surface area contributed by atoms with Gasteiger partial charge < -0.3 is 35.4 Å². The molecule has 0 aliphatic carbocycles. The lowest BCUT2D eigenvalue weighted by molar-refractivity contribution is -0.385. The van der Waals surface area contributed by atoms with E-state index in [0.29, 0.717) is 5.56 Å². The predicted molar refractivity (Wildman–Crippen MR) is 125 cm³/mol. The summed E-state index contributed by atoms with van der Waals surface area (Å²) in [4.78, 5) is 50.5. The van der Waals surface area contributed by atoms with E-state index in [1.807, 2.05) is 0 Å². The van der Waals surface area contributed by atoms with Crippen LogP contribution in [0.1, 0.15) is 30.5 Å². The molecule has 0 saturated carbocycles. The summed E-state index contributed by atoms with van der Waals surface area (Å²) >= 11 is 0. The third-order valence-corrected chi connectivity index (χ3v) is 7.83. The van der Waals surface area contributed by atoms with Gasteiger partial charge in [-0.3, -0.25) is 19.2 Å². The van der Waals surface area contributed by atoms with E-state index in [2.05, 4.69) is 23.8 Å². The van der Waals surface area contributed by atoms with Crippen molar-refractivity contribution in [2.24, 2.45) is 0 Å². The number of hydrogen-bond acceptors (Lipinski definition) is 13. The summed E-state index contributed by atoms with van der Waals surface area (Å²) in [5.41, 5.74) is 6.36. The number of aromatic nitrogens is 4. The number of aliphatic hydroxyl groups is 2. The molecule has 0 bridgehead atoms. The van der Waals surface area contributed by atoms with Crippen molar-refractivity contribution >= 4 is 38.3 Å². The van der Waals surface area contributed by atoms with Crippen molar-refractivity contribution in [3.05, 3.63) is 52.1 Å². The summed E-state index contributed by atoms with van der Waals surface area (Å²) in [7, 11) is -10.6. The molecule has 0 spiro atoms. The van der Waals surface area contributed by atoms with Crippen LogP contribution >= 0.6 is 15.6 Å². The van der Waals surface area contributed by atoms with Crippen LogP contribution in [0.2, 0.25) is 0 Å². The van der Waals surface area contributed by atoms with Gasteiger partial charge in [0.2, 0.25) is 0 Å². The van der Waals surface area contributed by atoms with E-state index in [-0.39, 0.29) is 28.5 Å². The van der Waals surface area contributed by atoms with Crippen molar-refractivity contribution in [2.75, 3.05) is 12.3 Å². The van der Waals surface area contributed by atoms with E-state index >= 15 is 0 Å². The number of nitrogens with two attached hydrogens (primary N) is 1. The fourth-order valence-electron chi connectivity index (χ4n) is 3.92. The molecule has 1 fully saturated rings. The molecule has 3 heterocycles. The molecule has 7 N–H and O–H groups in total. The third kappa shape index (κ3) is 5.74. The number of nitrogens with zero attached hydrogens (tertiary/aromatic N) is 5. The second-order valence-corrected chi connectivity index (χ2v) is 11.0. The highest BCUT2D eigenvalue weighted by atomic mass is 31.3. The first-order valence-corrected chi connectivity index (χ1v) is 13.7. The summed E-state index contributed by atoms with van der Waals surface area (Å²) in [5.74, 6) is -0.673. The first kappa shape index (κ1) is 28.1. The maximum atomic E-state index is 11.7. The number of rotatable bonds is 9. The molecule has 6 atom stereocenters. The van der Waals surface area contributed by atoms with E-state index in [1.54, 1.807) is 19.1 Å². The number of anilines is 1. The molecule has 20 heteroatoms. The molecule has 1 aliphatic heterocycles. The molecule has 0 amide bonds. The number of ether oxygens (including phenoxy) is 1. The van der Waals surface area contributed by atoms with Crippen LogP contribution in [0.3, 0.4) is 0 Å². The number of hydrogen-bond donors (Lipinski definition) is 6. The first-order chi connectivity index (χ1) is 17.7. The Hall–Kier alpha value is -2.89. The Bertz CT molecular complexity index is 1460. The molecule has 0 radical (unpaired) electrons. The lowest BCUT2D eigenvalue weighted by atomic mass is 9.98. The molecular formula is C18H22N6O12P2.